The number of aliphatic hydroxyl groups excluding tert-OH is 2. The summed E-state index contributed by atoms with van der Waals surface area (Å²) in [6.45, 7) is 4.58. The summed E-state index contributed by atoms with van der Waals surface area (Å²) in [5.41, 5.74) is 6.34. The fraction of sp³-hybridized carbons (Fsp3) is 0.154. The third-order valence-electron chi connectivity index (χ3n) is 8.71. The molecule has 2 aromatic carbocycles. The third-order valence-corrected chi connectivity index (χ3v) is 11.5. The average molecular weight is 1040 g/mol. The van der Waals surface area contributed by atoms with E-state index in [-0.39, 0.29) is 74.8 Å². The van der Waals surface area contributed by atoms with Crippen LogP contribution in [-0.2, 0) is 31.8 Å². The molecule has 2 aromatic heterocycles. The van der Waals surface area contributed by atoms with Crippen LogP contribution in [0.2, 0.25) is 0 Å². The number of carbonyl (C=O) groups excluding carboxylic acids is 2. The first-order valence-corrected chi connectivity index (χ1v) is 20.7. The maximum Gasteiger partial charge on any atom is 0.319 e. The summed E-state index contributed by atoms with van der Waals surface area (Å²) in [5, 5.41) is 53.7. The number of aliphatic hydroxyl groups is 2. The van der Waals surface area contributed by atoms with Gasteiger partial charge in [0, 0.05) is 92.9 Å². The number of nitrogens with zero attached hydrogens (tertiary/aromatic N) is 10. The van der Waals surface area contributed by atoms with E-state index in [2.05, 4.69) is 145 Å². The van der Waals surface area contributed by atoms with Crippen molar-refractivity contribution >= 4 is 118 Å². The molecule has 0 fully saturated rings. The van der Waals surface area contributed by atoms with Gasteiger partial charge in [-0.25, -0.2) is 0 Å². The molecule has 1 aliphatic heterocycles. The number of halogens is 3. The minimum absolute atomic E-state index is 0. The minimum atomic E-state index is -0.600. The summed E-state index contributed by atoms with van der Waals surface area (Å²) in [7, 11) is 6.27. The molecule has 18 nitrogen and oxygen atoms in total. The van der Waals surface area contributed by atoms with Crippen molar-refractivity contribution in [2.24, 2.45) is 20.4 Å². The van der Waals surface area contributed by atoms with Gasteiger partial charge in [0.25, 0.3) is 0 Å². The molecule has 3 heterocycles. The van der Waals surface area contributed by atoms with Gasteiger partial charge in [-0.1, -0.05) is 73.9 Å². The predicted octanol–water partition coefficient (Wildman–Crippen LogP) is 7.27. The number of carbonyl (C=O) groups is 2. The molecular formula is C39H32BrCl2CoN10O8S2-. The van der Waals surface area contributed by atoms with E-state index in [4.69, 9.17) is 23.2 Å². The number of hydrogen-bond acceptors (Lipinski definition) is 15. The first kappa shape index (κ1) is 49.8. The van der Waals surface area contributed by atoms with E-state index in [0.29, 0.717) is 0 Å². The second kappa shape index (κ2) is 21.5. The van der Waals surface area contributed by atoms with Crippen molar-refractivity contribution in [1.29, 1.82) is 0 Å². The van der Waals surface area contributed by atoms with Crippen LogP contribution in [0.1, 0.15) is 25.0 Å². The van der Waals surface area contributed by atoms with Gasteiger partial charge in [0.15, 0.2) is 5.71 Å². The summed E-state index contributed by atoms with van der Waals surface area (Å²) < 4.78 is 3.43. The van der Waals surface area contributed by atoms with Crippen molar-refractivity contribution in [3.63, 3.8) is 0 Å². The van der Waals surface area contributed by atoms with Crippen molar-refractivity contribution < 1.29 is 51.0 Å². The Morgan fingerprint density at radius 2 is 1.27 bits per heavy atom. The van der Waals surface area contributed by atoms with Gasteiger partial charge in [0.2, 0.25) is 17.3 Å². The van der Waals surface area contributed by atoms with Crippen molar-refractivity contribution in [1.82, 2.24) is 9.97 Å². The molecule has 2 aliphatic carbocycles. The maximum absolute atomic E-state index is 11.1. The second-order valence-corrected chi connectivity index (χ2v) is 17.2. The first-order valence-electron chi connectivity index (χ1n) is 17.5. The largest absolute Gasteiger partial charge is 0.506 e. The molecular weight excluding hydrogens is 1010 g/mol. The zero-order valence-corrected chi connectivity index (χ0v) is 39.0. The Hall–Kier alpha value is -5.88. The van der Waals surface area contributed by atoms with Crippen molar-refractivity contribution in [3.8, 4) is 0 Å². The maximum atomic E-state index is 11.1. The van der Waals surface area contributed by atoms with E-state index >= 15 is 0 Å². The van der Waals surface area contributed by atoms with Crippen LogP contribution in [-0.4, -0.2) is 74.5 Å². The van der Waals surface area contributed by atoms with E-state index in [1.165, 1.54) is 28.2 Å². The van der Waals surface area contributed by atoms with Gasteiger partial charge in [0.1, 0.15) is 30.0 Å². The van der Waals surface area contributed by atoms with Crippen LogP contribution in [0.3, 0.4) is 0 Å². The molecule has 329 valence electrons. The Balaban J connectivity index is 0.000000208. The summed E-state index contributed by atoms with van der Waals surface area (Å²) in [5.74, 6) is -1.85. The summed E-state index contributed by atoms with van der Waals surface area (Å²) in [6.07, 6.45) is 10.6. The van der Waals surface area contributed by atoms with Crippen molar-refractivity contribution in [2.45, 2.75) is 19.3 Å². The van der Waals surface area contributed by atoms with Crippen LogP contribution >= 0.6 is 61.8 Å². The second-order valence-electron chi connectivity index (χ2n) is 13.5. The Morgan fingerprint density at radius 3 is 1.70 bits per heavy atom. The molecule has 7 rings (SSSR count). The molecule has 1 radical (unpaired) electrons. The van der Waals surface area contributed by atoms with Gasteiger partial charge < -0.3 is 35.3 Å². The molecule has 0 bridgehead atoms. The Kier molecular flexibility index (Phi) is 17.0. The van der Waals surface area contributed by atoms with Gasteiger partial charge in [0.05, 0.1) is 25.3 Å². The van der Waals surface area contributed by atoms with Crippen LogP contribution in [0.15, 0.2) is 132 Å². The number of thiazole rings is 2. The molecule has 4 aromatic rings. The SMILES string of the molecule is CN(C)c1ccc(/C=C/C2=[N+](C)c3ccc(Br)cc3C2(C)C)cc1.O=C1C=C(O)C(=NN=c2[n-]cc([N+](=O)[O-])s2)C=C1Cl.O=C1C=C(O)C(=NN=c2[n-]cc([N+](=O)[O-])s2)C=C1Cl.[Co]. The van der Waals surface area contributed by atoms with Gasteiger partial charge in [-0.2, -0.15) is 4.58 Å². The molecule has 3 aliphatic rings. The van der Waals surface area contributed by atoms with Gasteiger partial charge in [-0.3, -0.25) is 40.0 Å². The number of benzene rings is 2. The predicted molar refractivity (Wildman–Crippen MR) is 242 cm³/mol. The van der Waals surface area contributed by atoms with E-state index in [1.807, 2.05) is 0 Å². The summed E-state index contributed by atoms with van der Waals surface area (Å²) in [6, 6.07) is 15.2. The minimum Gasteiger partial charge on any atom is -0.506 e. The summed E-state index contributed by atoms with van der Waals surface area (Å²) in [4.78, 5) is 51.4. The number of aromatic nitrogens is 2. The molecule has 0 amide bonds. The van der Waals surface area contributed by atoms with Crippen LogP contribution in [0, 0.1) is 20.2 Å². The average Bonchev–Trinajstić information content (AvgIpc) is 3.95. The molecule has 0 saturated heterocycles. The summed E-state index contributed by atoms with van der Waals surface area (Å²) >= 11 is 16.2. The van der Waals surface area contributed by atoms with Crippen LogP contribution in [0.25, 0.3) is 6.08 Å². The number of allylic oxidation sites excluding steroid dienone is 7. The van der Waals surface area contributed by atoms with Crippen molar-refractivity contribution in [2.75, 3.05) is 26.0 Å². The topological polar surface area (TPSA) is 245 Å². The normalized spacial score (nSPS) is 17.2. The van der Waals surface area contributed by atoms with E-state index in [1.54, 1.807) is 0 Å². The molecule has 2 N–H and O–H groups in total. The smallest absolute Gasteiger partial charge is 0.319 e. The molecule has 0 unspecified atom stereocenters. The Bertz CT molecular complexity index is 2760. The molecule has 63 heavy (non-hydrogen) atoms. The van der Waals surface area contributed by atoms with E-state index in [9.17, 15) is 40.0 Å². The number of ketones is 2. The fourth-order valence-electron chi connectivity index (χ4n) is 5.56. The third kappa shape index (κ3) is 12.6. The quantitative estimate of drug-likeness (QED) is 0.0807. The number of nitro groups is 2. The van der Waals surface area contributed by atoms with Crippen molar-refractivity contribution in [3.05, 3.63) is 152 Å². The molecule has 0 atom stereocenters. The van der Waals surface area contributed by atoms with Crippen LogP contribution in [0.4, 0.5) is 21.4 Å². The number of fused-ring (bicyclic) bond motifs is 1. The van der Waals surface area contributed by atoms with Gasteiger partial charge in [-0.15, -0.1) is 0 Å². The van der Waals surface area contributed by atoms with E-state index in [0.717, 1.165) is 63.8 Å². The number of rotatable bonds is 7. The fourth-order valence-corrected chi connectivity index (χ4v) is 7.34. The Morgan fingerprint density at radius 1 is 0.794 bits per heavy atom. The molecule has 0 spiro atoms. The standard InChI is InChI=1S/C21H24BrN2.2C9H5ClN4O4S.Co/c1-21(2)18-14-16(22)9-12-19(18)24(5)20(21)13-8-15-6-10-17(11-7-15)23(3)4;2*10-4-1-5(7(16)2-6(4)15)12-13-9-11-3-8(19-9)14(17)18;/h6-14H,1-5H3;2*1-3H,(H2,11,13,15,16);/q+1;;;/p-2. The van der Waals surface area contributed by atoms with E-state index < -0.39 is 21.4 Å². The molecule has 24 heteroatoms. The van der Waals surface area contributed by atoms with Crippen LogP contribution < -0.4 is 24.5 Å². The number of hydrogen-bond donors (Lipinski definition) is 2. The number of anilines is 1. The monoisotopic (exact) mass is 1040 g/mol. The van der Waals surface area contributed by atoms with Crippen LogP contribution in [0.5, 0.6) is 0 Å². The molecule has 0 saturated carbocycles. The zero-order valence-electron chi connectivity index (χ0n) is 33.3. The zero-order chi connectivity index (χ0) is 45.5. The first-order chi connectivity index (χ1) is 29.2. The van der Waals surface area contributed by atoms with Gasteiger partial charge >= 0.3 is 10.0 Å². The van der Waals surface area contributed by atoms with Gasteiger partial charge in [-0.05, 0) is 61.9 Å². The Labute approximate surface area is 394 Å².